The summed E-state index contributed by atoms with van der Waals surface area (Å²) in [6.07, 6.45) is 7.09. The molecular weight excluding hydrogens is 330 g/mol. The lowest BCUT2D eigenvalue weighted by atomic mass is 10.0. The third-order valence-corrected chi connectivity index (χ3v) is 6.12. The quantitative estimate of drug-likeness (QED) is 0.876. The number of nitrogens with zero attached hydrogens (tertiary/aromatic N) is 2. The molecule has 0 saturated carbocycles. The van der Waals surface area contributed by atoms with Crippen LogP contribution in [0.1, 0.15) is 49.2 Å². The first kappa shape index (κ1) is 18.1. The van der Waals surface area contributed by atoms with Crippen LogP contribution in [-0.2, 0) is 4.79 Å². The highest BCUT2D eigenvalue weighted by molar-refractivity contribution is 7.99. The molecule has 1 saturated heterocycles. The molecule has 1 aliphatic rings. The van der Waals surface area contributed by atoms with Gasteiger partial charge in [-0.3, -0.25) is 4.79 Å². The van der Waals surface area contributed by atoms with Crippen molar-refractivity contribution in [2.75, 3.05) is 12.8 Å². The number of thioether (sulfide) groups is 1. The fourth-order valence-corrected chi connectivity index (χ4v) is 3.71. The van der Waals surface area contributed by atoms with Gasteiger partial charge in [0.1, 0.15) is 5.82 Å². The van der Waals surface area contributed by atoms with E-state index in [9.17, 15) is 4.79 Å². The summed E-state index contributed by atoms with van der Waals surface area (Å²) in [6.45, 7) is 7.06. The smallest absolute Gasteiger partial charge is 0.236 e. The number of amides is 1. The Kier molecular flexibility index (Phi) is 5.52. The first-order valence-electron chi connectivity index (χ1n) is 8.97. The number of aryl methyl sites for hydroxylation is 2. The normalized spacial score (nSPS) is 19.0. The third kappa shape index (κ3) is 3.76. The minimum atomic E-state index is -0.00483. The van der Waals surface area contributed by atoms with Crippen molar-refractivity contribution in [1.29, 1.82) is 0 Å². The van der Waals surface area contributed by atoms with Gasteiger partial charge in [-0.05, 0) is 69.0 Å². The molecule has 2 aromatic rings. The predicted octanol–water partition coefficient (Wildman–Crippen LogP) is 4.50. The maximum atomic E-state index is 12.7. The Morgan fingerprint density at radius 1 is 1.32 bits per heavy atom. The summed E-state index contributed by atoms with van der Waals surface area (Å²) in [5, 5.41) is -0.00483. The van der Waals surface area contributed by atoms with Crippen LogP contribution in [0, 0.1) is 13.8 Å². The number of aromatic amines is 1. The van der Waals surface area contributed by atoms with Crippen LogP contribution in [0.25, 0.3) is 11.3 Å². The zero-order valence-corrected chi connectivity index (χ0v) is 16.3. The van der Waals surface area contributed by atoms with Gasteiger partial charge >= 0.3 is 0 Å². The first-order chi connectivity index (χ1) is 12.0. The average Bonchev–Trinajstić information content (AvgIpc) is 3.12. The van der Waals surface area contributed by atoms with Gasteiger partial charge in [0.25, 0.3) is 0 Å². The predicted molar refractivity (Wildman–Crippen MR) is 105 cm³/mol. The van der Waals surface area contributed by atoms with E-state index in [-0.39, 0.29) is 17.2 Å². The molecule has 2 atom stereocenters. The Balaban J connectivity index is 1.86. The Labute approximate surface area is 154 Å². The molecular formula is C20H27N3OS. The van der Waals surface area contributed by atoms with E-state index in [1.807, 2.05) is 24.3 Å². The molecule has 3 rings (SSSR count). The topological polar surface area (TPSA) is 49.0 Å². The highest BCUT2D eigenvalue weighted by atomic mass is 32.2. The largest absolute Gasteiger partial charge is 0.340 e. The van der Waals surface area contributed by atoms with E-state index in [1.165, 1.54) is 11.1 Å². The van der Waals surface area contributed by atoms with Crippen molar-refractivity contribution in [3.05, 3.63) is 41.3 Å². The minimum absolute atomic E-state index is 0.00483. The number of hydrogen-bond donors (Lipinski definition) is 1. The summed E-state index contributed by atoms with van der Waals surface area (Å²) in [5.41, 5.74) is 4.73. The summed E-state index contributed by atoms with van der Waals surface area (Å²) in [5.74, 6) is 1.14. The Morgan fingerprint density at radius 3 is 2.84 bits per heavy atom. The molecule has 2 heterocycles. The van der Waals surface area contributed by atoms with E-state index >= 15 is 0 Å². The van der Waals surface area contributed by atoms with Crippen LogP contribution in [0.15, 0.2) is 24.4 Å². The van der Waals surface area contributed by atoms with Crippen molar-refractivity contribution in [2.24, 2.45) is 0 Å². The number of H-pyrrole nitrogens is 1. The highest BCUT2D eigenvalue weighted by Gasteiger charge is 2.32. The molecule has 0 aliphatic carbocycles. The van der Waals surface area contributed by atoms with Crippen molar-refractivity contribution in [3.8, 4) is 11.3 Å². The number of likely N-dealkylation sites (tertiary alicyclic amines) is 1. The number of piperidine rings is 1. The zero-order chi connectivity index (χ0) is 18.0. The van der Waals surface area contributed by atoms with Crippen LogP contribution in [0.3, 0.4) is 0 Å². The molecule has 0 radical (unpaired) electrons. The van der Waals surface area contributed by atoms with E-state index in [0.29, 0.717) is 0 Å². The maximum absolute atomic E-state index is 12.7. The second-order valence-electron chi connectivity index (χ2n) is 6.90. The van der Waals surface area contributed by atoms with Crippen LogP contribution in [0.5, 0.6) is 0 Å². The summed E-state index contributed by atoms with van der Waals surface area (Å²) in [7, 11) is 0. The molecule has 1 aromatic carbocycles. The van der Waals surface area contributed by atoms with E-state index in [4.69, 9.17) is 0 Å². The number of rotatable bonds is 4. The van der Waals surface area contributed by atoms with E-state index in [2.05, 4.69) is 42.0 Å². The monoisotopic (exact) mass is 357 g/mol. The highest BCUT2D eigenvalue weighted by Crippen LogP contribution is 2.32. The summed E-state index contributed by atoms with van der Waals surface area (Å²) >= 11 is 1.61. The first-order valence-corrected chi connectivity index (χ1v) is 10.3. The summed E-state index contributed by atoms with van der Waals surface area (Å²) < 4.78 is 0. The molecule has 1 aromatic heterocycles. The fourth-order valence-electron chi connectivity index (χ4n) is 3.38. The number of carbonyl (C=O) groups excluding carboxylic acids is 1. The lowest BCUT2D eigenvalue weighted by molar-refractivity contribution is -0.134. The molecule has 1 N–H and O–H groups in total. The van der Waals surface area contributed by atoms with Gasteiger partial charge in [0.05, 0.1) is 23.2 Å². The van der Waals surface area contributed by atoms with Gasteiger partial charge in [-0.25, -0.2) is 4.98 Å². The van der Waals surface area contributed by atoms with Crippen molar-refractivity contribution in [2.45, 2.75) is 51.3 Å². The number of nitrogens with one attached hydrogen (secondary N) is 1. The number of aromatic nitrogens is 2. The third-order valence-electron chi connectivity index (χ3n) is 5.22. The molecule has 5 heteroatoms. The van der Waals surface area contributed by atoms with Crippen LogP contribution in [0.2, 0.25) is 0 Å². The molecule has 1 amide bonds. The average molecular weight is 358 g/mol. The van der Waals surface area contributed by atoms with Crippen LogP contribution in [-0.4, -0.2) is 38.8 Å². The van der Waals surface area contributed by atoms with Gasteiger partial charge in [-0.15, -0.1) is 0 Å². The number of benzene rings is 1. The minimum Gasteiger partial charge on any atom is -0.340 e. The second-order valence-corrected chi connectivity index (χ2v) is 8.08. The van der Waals surface area contributed by atoms with E-state index in [0.717, 1.165) is 42.9 Å². The molecule has 0 spiro atoms. The van der Waals surface area contributed by atoms with Gasteiger partial charge in [0, 0.05) is 6.54 Å². The van der Waals surface area contributed by atoms with Crippen LogP contribution >= 0.6 is 11.8 Å². The van der Waals surface area contributed by atoms with Gasteiger partial charge in [0.15, 0.2) is 0 Å². The Hall–Kier alpha value is -1.75. The summed E-state index contributed by atoms with van der Waals surface area (Å²) in [4.78, 5) is 22.9. The lowest BCUT2D eigenvalue weighted by Gasteiger charge is -2.36. The molecule has 2 unspecified atom stereocenters. The van der Waals surface area contributed by atoms with E-state index in [1.54, 1.807) is 11.8 Å². The fraction of sp³-hybridized carbons (Fsp3) is 0.500. The van der Waals surface area contributed by atoms with Gasteiger partial charge in [0.2, 0.25) is 5.91 Å². The number of imidazole rings is 1. The SMILES string of the molecule is CSC(C)C(=O)N1CCCCC1c1ncc(-c2ccc(C)c(C)c2)[nH]1. The number of hydrogen-bond acceptors (Lipinski definition) is 3. The molecule has 0 bridgehead atoms. The van der Waals surface area contributed by atoms with Crippen molar-refractivity contribution < 1.29 is 4.79 Å². The van der Waals surface area contributed by atoms with E-state index < -0.39 is 0 Å². The molecule has 4 nitrogen and oxygen atoms in total. The van der Waals surface area contributed by atoms with Crippen molar-refractivity contribution >= 4 is 17.7 Å². The standard InChI is InChI=1S/C20H27N3OS/c1-13-8-9-16(11-14(13)2)17-12-21-19(22-17)18-7-5-6-10-23(18)20(24)15(3)25-4/h8-9,11-12,15,18H,5-7,10H2,1-4H3,(H,21,22). The van der Waals surface area contributed by atoms with Crippen molar-refractivity contribution in [1.82, 2.24) is 14.9 Å². The maximum Gasteiger partial charge on any atom is 0.236 e. The molecule has 1 aliphatic heterocycles. The van der Waals surface area contributed by atoms with Gasteiger partial charge < -0.3 is 9.88 Å². The lowest BCUT2D eigenvalue weighted by Crippen LogP contribution is -2.42. The Bertz CT molecular complexity index is 755. The van der Waals surface area contributed by atoms with Crippen LogP contribution < -0.4 is 0 Å². The van der Waals surface area contributed by atoms with Crippen molar-refractivity contribution in [3.63, 3.8) is 0 Å². The van der Waals surface area contributed by atoms with Gasteiger partial charge in [-0.2, -0.15) is 11.8 Å². The van der Waals surface area contributed by atoms with Crippen LogP contribution in [0.4, 0.5) is 0 Å². The summed E-state index contributed by atoms with van der Waals surface area (Å²) in [6, 6.07) is 6.52. The second kappa shape index (κ2) is 7.65. The zero-order valence-electron chi connectivity index (χ0n) is 15.5. The Morgan fingerprint density at radius 2 is 2.12 bits per heavy atom. The molecule has 1 fully saturated rings. The van der Waals surface area contributed by atoms with Gasteiger partial charge in [-0.1, -0.05) is 12.1 Å². The number of carbonyl (C=O) groups is 1. The molecule has 134 valence electrons. The molecule has 25 heavy (non-hydrogen) atoms.